The van der Waals surface area contributed by atoms with Crippen LogP contribution in [0.25, 0.3) is 0 Å². The second-order valence-electron chi connectivity index (χ2n) is 2.05. The van der Waals surface area contributed by atoms with Gasteiger partial charge in [-0.2, -0.15) is 0 Å². The highest BCUT2D eigenvalue weighted by Crippen LogP contribution is 2.22. The van der Waals surface area contributed by atoms with Gasteiger partial charge in [0.25, 0.3) is 0 Å². The van der Waals surface area contributed by atoms with Gasteiger partial charge in [0.1, 0.15) is 0 Å². The molecule has 1 rings (SSSR count). The van der Waals surface area contributed by atoms with Crippen molar-refractivity contribution >= 4 is 23.9 Å². The molecule has 4 heteroatoms. The Balaban J connectivity index is 3.16. The number of nitrogen functional groups attached to an aromatic ring is 1. The zero-order valence-corrected chi connectivity index (χ0v) is 6.33. The maximum Gasteiger partial charge on any atom is 0.175 e. The molecule has 0 unspecified atom stereocenters. The summed E-state index contributed by atoms with van der Waals surface area (Å²) >= 11 is 0. The largest absolute Gasteiger partial charge is 0.397 e. The maximum atomic E-state index is 5.49. The average molecular weight is 150 g/mol. The lowest BCUT2D eigenvalue weighted by molar-refractivity contribution is 1.27. The highest BCUT2D eigenvalue weighted by molar-refractivity contribution is 5.67. The molecule has 3 N–H and O–H groups in total. The van der Waals surface area contributed by atoms with Crippen LogP contribution in [-0.2, 0) is 0 Å². The summed E-state index contributed by atoms with van der Waals surface area (Å²) in [4.78, 5) is 7.65. The molecule has 0 aliphatic rings. The monoisotopic (exact) mass is 150 g/mol. The van der Waals surface area contributed by atoms with E-state index in [0.717, 1.165) is 5.69 Å². The first-order chi connectivity index (χ1) is 5.27. The molecule has 58 valence electrons. The van der Waals surface area contributed by atoms with Gasteiger partial charge in [0.15, 0.2) is 5.82 Å². The second-order valence-corrected chi connectivity index (χ2v) is 2.05. The van der Waals surface area contributed by atoms with Crippen molar-refractivity contribution in [3.05, 3.63) is 12.3 Å². The van der Waals surface area contributed by atoms with Crippen molar-refractivity contribution in [3.8, 4) is 0 Å². The maximum absolute atomic E-state index is 5.49. The minimum absolute atomic E-state index is 0.571. The Hall–Kier alpha value is -1.58. The smallest absolute Gasteiger partial charge is 0.175 e. The molecule has 0 aromatic carbocycles. The Kier molecular flexibility index (Phi) is 2.06. The van der Waals surface area contributed by atoms with Gasteiger partial charge in [-0.15, -0.1) is 0 Å². The van der Waals surface area contributed by atoms with Gasteiger partial charge in [-0.3, -0.25) is 0 Å². The number of hydrogen-bond acceptors (Lipinski definition) is 4. The van der Waals surface area contributed by atoms with Crippen molar-refractivity contribution in [1.29, 1.82) is 0 Å². The Morgan fingerprint density at radius 3 is 3.00 bits per heavy atom. The molecule has 1 aromatic rings. The lowest BCUT2D eigenvalue weighted by Gasteiger charge is -2.03. The van der Waals surface area contributed by atoms with E-state index in [1.807, 2.05) is 0 Å². The van der Waals surface area contributed by atoms with E-state index in [1.54, 1.807) is 19.3 Å². The van der Waals surface area contributed by atoms with E-state index < -0.39 is 0 Å². The van der Waals surface area contributed by atoms with Crippen molar-refractivity contribution in [3.63, 3.8) is 0 Å². The summed E-state index contributed by atoms with van der Waals surface area (Å²) in [5.41, 5.74) is 6.90. The van der Waals surface area contributed by atoms with Crippen molar-refractivity contribution < 1.29 is 0 Å². The zero-order chi connectivity index (χ0) is 8.27. The van der Waals surface area contributed by atoms with E-state index >= 15 is 0 Å². The Morgan fingerprint density at radius 1 is 1.73 bits per heavy atom. The van der Waals surface area contributed by atoms with Gasteiger partial charge in [0, 0.05) is 7.05 Å². The molecule has 0 fully saturated rings. The molecule has 0 amide bonds. The summed E-state index contributed by atoms with van der Waals surface area (Å²) in [5, 5.41) is 2.91. The number of aromatic nitrogens is 1. The third kappa shape index (κ3) is 1.46. The molecule has 0 bridgehead atoms. The van der Waals surface area contributed by atoms with Crippen LogP contribution >= 0.6 is 0 Å². The predicted octanol–water partition coefficient (Wildman–Crippen LogP) is 1.04. The third-order valence-corrected chi connectivity index (χ3v) is 1.31. The molecular formula is C7H10N4. The van der Waals surface area contributed by atoms with Crippen LogP contribution in [0.15, 0.2) is 17.3 Å². The van der Waals surface area contributed by atoms with Crippen molar-refractivity contribution in [2.24, 2.45) is 4.99 Å². The molecule has 11 heavy (non-hydrogen) atoms. The van der Waals surface area contributed by atoms with E-state index in [1.165, 1.54) is 0 Å². The van der Waals surface area contributed by atoms with E-state index in [-0.39, 0.29) is 0 Å². The fourth-order valence-corrected chi connectivity index (χ4v) is 0.784. The summed E-state index contributed by atoms with van der Waals surface area (Å²) in [6, 6.07) is 1.76. The van der Waals surface area contributed by atoms with Crippen LogP contribution < -0.4 is 11.1 Å². The van der Waals surface area contributed by atoms with Gasteiger partial charge in [-0.25, -0.2) is 9.98 Å². The highest BCUT2D eigenvalue weighted by atomic mass is 15.0. The number of nitrogens with one attached hydrogen (secondary N) is 1. The molecular weight excluding hydrogens is 140 g/mol. The zero-order valence-electron chi connectivity index (χ0n) is 6.33. The third-order valence-electron chi connectivity index (χ3n) is 1.31. The molecule has 0 atom stereocenters. The van der Waals surface area contributed by atoms with Gasteiger partial charge in [0.05, 0.1) is 17.6 Å². The molecule has 0 spiro atoms. The summed E-state index contributed by atoms with van der Waals surface area (Å²) in [6.07, 6.45) is 1.55. The van der Waals surface area contributed by atoms with Crippen LogP contribution in [0.4, 0.5) is 17.2 Å². The average Bonchev–Trinajstić information content (AvgIpc) is 2.04. The van der Waals surface area contributed by atoms with E-state index in [0.29, 0.717) is 11.5 Å². The molecule has 1 heterocycles. The lowest BCUT2D eigenvalue weighted by atomic mass is 10.3. The number of anilines is 2. The number of nitrogens with zero attached hydrogens (tertiary/aromatic N) is 2. The number of rotatable bonds is 2. The van der Waals surface area contributed by atoms with Crippen molar-refractivity contribution in [2.75, 3.05) is 18.1 Å². The molecule has 0 aliphatic heterocycles. The van der Waals surface area contributed by atoms with Gasteiger partial charge in [-0.1, -0.05) is 0 Å². The second kappa shape index (κ2) is 3.01. The van der Waals surface area contributed by atoms with Gasteiger partial charge < -0.3 is 11.1 Å². The minimum atomic E-state index is 0.571. The first-order valence-electron chi connectivity index (χ1n) is 3.18. The van der Waals surface area contributed by atoms with Gasteiger partial charge in [-0.05, 0) is 12.8 Å². The van der Waals surface area contributed by atoms with Crippen LogP contribution in [0.2, 0.25) is 0 Å². The molecule has 0 saturated heterocycles. The van der Waals surface area contributed by atoms with Crippen molar-refractivity contribution in [2.45, 2.75) is 0 Å². The standard InChI is InChI=1S/C7H10N4/c1-9-6-3-5(8)4-11-7(6)10-2/h3-4,9H,2,8H2,1H3. The van der Waals surface area contributed by atoms with E-state index in [4.69, 9.17) is 5.73 Å². The highest BCUT2D eigenvalue weighted by Gasteiger charge is 1.98. The summed E-state index contributed by atoms with van der Waals surface area (Å²) in [7, 11) is 1.78. The minimum Gasteiger partial charge on any atom is -0.397 e. The van der Waals surface area contributed by atoms with E-state index in [9.17, 15) is 0 Å². The Labute approximate surface area is 65.2 Å². The normalized spacial score (nSPS) is 9.18. The van der Waals surface area contributed by atoms with Crippen LogP contribution in [-0.4, -0.2) is 18.7 Å². The van der Waals surface area contributed by atoms with Crippen LogP contribution in [0.1, 0.15) is 0 Å². The van der Waals surface area contributed by atoms with E-state index in [2.05, 4.69) is 22.0 Å². The fourth-order valence-electron chi connectivity index (χ4n) is 0.784. The Morgan fingerprint density at radius 2 is 2.45 bits per heavy atom. The summed E-state index contributed by atoms with van der Waals surface area (Å²) in [5.74, 6) is 0.571. The van der Waals surface area contributed by atoms with Crippen molar-refractivity contribution in [1.82, 2.24) is 4.98 Å². The molecule has 4 nitrogen and oxygen atoms in total. The number of hydrogen-bond donors (Lipinski definition) is 2. The summed E-state index contributed by atoms with van der Waals surface area (Å²) < 4.78 is 0. The molecule has 0 radical (unpaired) electrons. The molecule has 0 aliphatic carbocycles. The first-order valence-corrected chi connectivity index (χ1v) is 3.18. The van der Waals surface area contributed by atoms with Crippen LogP contribution in [0.5, 0.6) is 0 Å². The van der Waals surface area contributed by atoms with Crippen LogP contribution in [0, 0.1) is 0 Å². The molecule has 1 aromatic heterocycles. The number of nitrogens with two attached hydrogens (primary N) is 1. The quantitative estimate of drug-likeness (QED) is 0.619. The van der Waals surface area contributed by atoms with Crippen LogP contribution in [0.3, 0.4) is 0 Å². The lowest BCUT2D eigenvalue weighted by Crippen LogP contribution is -1.93. The SMILES string of the molecule is C=Nc1ncc(N)cc1NC. The van der Waals surface area contributed by atoms with Gasteiger partial charge in [0.2, 0.25) is 0 Å². The Bertz CT molecular complexity index is 269. The predicted molar refractivity (Wildman–Crippen MR) is 47.4 cm³/mol. The van der Waals surface area contributed by atoms with Gasteiger partial charge >= 0.3 is 0 Å². The fraction of sp³-hybridized carbons (Fsp3) is 0.143. The first kappa shape index (κ1) is 7.53. The number of pyridine rings is 1. The summed E-state index contributed by atoms with van der Waals surface area (Å²) in [6.45, 7) is 3.38. The number of aliphatic imine (C=N–C) groups is 1. The molecule has 0 saturated carbocycles. The topological polar surface area (TPSA) is 63.3 Å².